The van der Waals surface area contributed by atoms with Gasteiger partial charge in [-0.1, -0.05) is 17.7 Å². The van der Waals surface area contributed by atoms with Crippen LogP contribution in [0.15, 0.2) is 52.7 Å². The lowest BCUT2D eigenvalue weighted by Gasteiger charge is -2.32. The fourth-order valence-electron chi connectivity index (χ4n) is 4.52. The Morgan fingerprint density at radius 3 is 2.71 bits per heavy atom. The number of hydrogen-bond donors (Lipinski definition) is 1. The van der Waals surface area contributed by atoms with E-state index in [9.17, 15) is 18.0 Å². The molecule has 2 aliphatic rings. The normalized spacial score (nSPS) is 19.6. The van der Waals surface area contributed by atoms with Gasteiger partial charge < -0.3 is 15.0 Å². The van der Waals surface area contributed by atoms with E-state index in [1.807, 2.05) is 10.3 Å². The molecule has 0 bridgehead atoms. The number of alkyl carbamates (subject to hydrolysis) is 1. The number of nitrogens with one attached hydrogen (secondary N) is 1. The number of amidine groups is 1. The maximum Gasteiger partial charge on any atom is 0.407 e. The monoisotopic (exact) mass is 564 g/mol. The van der Waals surface area contributed by atoms with Crippen molar-refractivity contribution >= 4 is 40.4 Å². The number of ether oxygens (including phenoxy) is 1. The van der Waals surface area contributed by atoms with Crippen LogP contribution in [-0.2, 0) is 4.74 Å². The van der Waals surface area contributed by atoms with Crippen molar-refractivity contribution < 1.29 is 22.7 Å². The number of aliphatic imine (C=N–C) groups is 1. The zero-order valence-corrected chi connectivity index (χ0v) is 22.2. The number of thiazole rings is 1. The molecular weight excluding hydrogens is 541 g/mol. The Morgan fingerprint density at radius 1 is 1.29 bits per heavy atom. The van der Waals surface area contributed by atoms with Crippen LogP contribution in [0.2, 0.25) is 5.02 Å². The van der Waals surface area contributed by atoms with E-state index in [0.29, 0.717) is 39.6 Å². The Hall–Kier alpha value is -3.38. The summed E-state index contributed by atoms with van der Waals surface area (Å²) < 4.78 is 46.8. The molecule has 0 unspecified atom stereocenters. The number of hydrogen-bond acceptors (Lipinski definition) is 7. The lowest BCUT2D eigenvalue weighted by atomic mass is 9.92. The quantitative estimate of drug-likeness (QED) is 0.408. The molecule has 2 aliphatic heterocycles. The first-order valence-corrected chi connectivity index (χ1v) is 13.0. The summed E-state index contributed by atoms with van der Waals surface area (Å²) in [6, 6.07) is 4.30. The van der Waals surface area contributed by atoms with Crippen molar-refractivity contribution in [1.82, 2.24) is 25.0 Å². The van der Waals surface area contributed by atoms with Gasteiger partial charge in [0, 0.05) is 52.6 Å². The fourth-order valence-corrected chi connectivity index (χ4v) is 5.44. The van der Waals surface area contributed by atoms with Gasteiger partial charge >= 0.3 is 12.6 Å². The average molecular weight is 565 g/mol. The number of fused-ring (bicyclic) bond motifs is 1. The summed E-state index contributed by atoms with van der Waals surface area (Å²) in [6.45, 7) is 2.83. The van der Waals surface area contributed by atoms with Crippen molar-refractivity contribution in [3.05, 3.63) is 74.8 Å². The van der Waals surface area contributed by atoms with Gasteiger partial charge in [0.25, 0.3) is 0 Å². The number of alkyl halides is 2. The maximum absolute atomic E-state index is 13.9. The van der Waals surface area contributed by atoms with Crippen molar-refractivity contribution in [3.63, 3.8) is 0 Å². The predicted molar refractivity (Wildman–Crippen MR) is 138 cm³/mol. The van der Waals surface area contributed by atoms with E-state index in [4.69, 9.17) is 21.3 Å². The van der Waals surface area contributed by atoms with Crippen LogP contribution in [0.5, 0.6) is 0 Å². The summed E-state index contributed by atoms with van der Waals surface area (Å²) in [6.07, 6.45) is 2.61. The van der Waals surface area contributed by atoms with Gasteiger partial charge in [0.15, 0.2) is 10.8 Å². The van der Waals surface area contributed by atoms with Gasteiger partial charge in [-0.15, -0.1) is 11.3 Å². The Morgan fingerprint density at radius 2 is 2.08 bits per heavy atom. The van der Waals surface area contributed by atoms with Crippen LogP contribution in [0.4, 0.5) is 18.0 Å². The third kappa shape index (κ3) is 5.28. The van der Waals surface area contributed by atoms with Crippen molar-refractivity contribution in [1.29, 1.82) is 0 Å². The zero-order valence-electron chi connectivity index (χ0n) is 20.7. The summed E-state index contributed by atoms with van der Waals surface area (Å²) in [4.78, 5) is 23.9. The molecule has 200 valence electrons. The predicted octanol–water partition coefficient (Wildman–Crippen LogP) is 6.04. The molecule has 38 heavy (non-hydrogen) atoms. The van der Waals surface area contributed by atoms with Crippen LogP contribution in [-0.4, -0.2) is 49.8 Å². The number of benzene rings is 1. The minimum Gasteiger partial charge on any atom is -0.444 e. The van der Waals surface area contributed by atoms with Gasteiger partial charge in [0.1, 0.15) is 17.5 Å². The van der Waals surface area contributed by atoms with Crippen LogP contribution in [0.3, 0.4) is 0 Å². The Bertz CT molecular complexity index is 1420. The second kappa shape index (κ2) is 10.1. The molecule has 0 aliphatic carbocycles. The lowest BCUT2D eigenvalue weighted by molar-refractivity contribution is 0.0506. The standard InChI is InChI=1S/C25H24ClF3N6O2S/c1-25(2,3)37-24(36)31-14-11-18-19(17-6-8-35(33-17)23(28)29)20(15-5-4-13(27)10-16(15)26)32-21(34(18)12-14)22-30-7-9-38-22/h4-10,14,20,23H,11-12H2,1-3H3,(H,31,36)/t14-,20-/m0/s1. The average Bonchev–Trinajstić information content (AvgIpc) is 3.57. The molecule has 1 saturated heterocycles. The van der Waals surface area contributed by atoms with Gasteiger partial charge in [0.2, 0.25) is 0 Å². The summed E-state index contributed by atoms with van der Waals surface area (Å²) in [5.41, 5.74) is 1.33. The molecule has 1 fully saturated rings. The maximum atomic E-state index is 13.9. The van der Waals surface area contributed by atoms with E-state index >= 15 is 0 Å². The summed E-state index contributed by atoms with van der Waals surface area (Å²) in [5.74, 6) is 0.0184. The molecule has 8 nitrogen and oxygen atoms in total. The molecule has 2 atom stereocenters. The molecule has 13 heteroatoms. The van der Waals surface area contributed by atoms with Gasteiger partial charge in [-0.25, -0.2) is 18.9 Å². The highest BCUT2D eigenvalue weighted by Crippen LogP contribution is 2.46. The number of nitrogens with zero attached hydrogens (tertiary/aromatic N) is 5. The third-order valence-electron chi connectivity index (χ3n) is 5.95. The Labute approximate surface area is 225 Å². The number of carbonyl (C=O) groups excluding carboxylic acids is 1. The number of aromatic nitrogens is 3. The van der Waals surface area contributed by atoms with Gasteiger partial charge in [-0.3, -0.25) is 4.99 Å². The summed E-state index contributed by atoms with van der Waals surface area (Å²) >= 11 is 7.85. The highest BCUT2D eigenvalue weighted by molar-refractivity contribution is 7.11. The van der Waals surface area contributed by atoms with Crippen LogP contribution in [0, 0.1) is 5.82 Å². The second-order valence-corrected chi connectivity index (χ2v) is 11.1. The minimum atomic E-state index is -2.83. The molecule has 0 spiro atoms. The van der Waals surface area contributed by atoms with Crippen LogP contribution in [0.25, 0.3) is 5.57 Å². The van der Waals surface area contributed by atoms with Gasteiger partial charge in [-0.05, 0) is 39.0 Å². The highest BCUT2D eigenvalue weighted by Gasteiger charge is 2.41. The Balaban J connectivity index is 1.64. The van der Waals surface area contributed by atoms with Crippen molar-refractivity contribution in [3.8, 4) is 0 Å². The Kier molecular flexibility index (Phi) is 6.95. The first kappa shape index (κ1) is 26.2. The van der Waals surface area contributed by atoms with Crippen LogP contribution >= 0.6 is 22.9 Å². The van der Waals surface area contributed by atoms with E-state index in [2.05, 4.69) is 15.4 Å². The fraction of sp³-hybridized carbons (Fsp3) is 0.360. The van der Waals surface area contributed by atoms with Crippen LogP contribution < -0.4 is 5.32 Å². The molecular formula is C25H24ClF3N6O2S. The molecule has 1 N–H and O–H groups in total. The highest BCUT2D eigenvalue weighted by atomic mass is 35.5. The molecule has 0 saturated carbocycles. The first-order chi connectivity index (χ1) is 18.0. The van der Waals surface area contributed by atoms with Crippen molar-refractivity contribution in [2.45, 2.75) is 51.4 Å². The summed E-state index contributed by atoms with van der Waals surface area (Å²) in [5, 5.41) is 9.58. The van der Waals surface area contributed by atoms with E-state index in [0.717, 1.165) is 5.70 Å². The van der Waals surface area contributed by atoms with Crippen molar-refractivity contribution in [2.24, 2.45) is 4.99 Å². The van der Waals surface area contributed by atoms with Gasteiger partial charge in [-0.2, -0.15) is 13.9 Å². The van der Waals surface area contributed by atoms with E-state index in [1.165, 1.54) is 41.8 Å². The summed E-state index contributed by atoms with van der Waals surface area (Å²) in [7, 11) is 0. The SMILES string of the molecule is CC(C)(C)OC(=O)N[C@H]1CC2=C(c3ccn(C(F)F)n3)[C@H](c3ccc(F)cc3Cl)N=C(c3nccs3)N2C1. The van der Waals surface area contributed by atoms with E-state index in [-0.39, 0.29) is 16.8 Å². The number of halogens is 4. The molecule has 3 aromatic rings. The first-order valence-electron chi connectivity index (χ1n) is 11.8. The van der Waals surface area contributed by atoms with Gasteiger partial charge in [0.05, 0.1) is 11.7 Å². The van der Waals surface area contributed by atoms with E-state index < -0.39 is 30.1 Å². The molecule has 1 aromatic carbocycles. The van der Waals surface area contributed by atoms with Crippen LogP contribution in [0.1, 0.15) is 56.0 Å². The largest absolute Gasteiger partial charge is 0.444 e. The van der Waals surface area contributed by atoms with E-state index in [1.54, 1.807) is 27.0 Å². The zero-order chi connectivity index (χ0) is 27.2. The minimum absolute atomic E-state index is 0.138. The topological polar surface area (TPSA) is 84.6 Å². The molecule has 1 amide bonds. The molecule has 5 rings (SSSR count). The number of carbonyl (C=O) groups is 1. The number of rotatable bonds is 5. The van der Waals surface area contributed by atoms with Crippen molar-refractivity contribution in [2.75, 3.05) is 6.54 Å². The smallest absolute Gasteiger partial charge is 0.407 e. The molecule has 2 aromatic heterocycles. The molecule has 0 radical (unpaired) electrons. The lowest BCUT2D eigenvalue weighted by Crippen LogP contribution is -2.41. The second-order valence-electron chi connectivity index (χ2n) is 9.84. The molecule has 4 heterocycles. The third-order valence-corrected chi connectivity index (χ3v) is 7.04. The number of amides is 1.